The summed E-state index contributed by atoms with van der Waals surface area (Å²) in [5.41, 5.74) is 1.27. The molecule has 0 aromatic heterocycles. The Labute approximate surface area is 197 Å². The van der Waals surface area contributed by atoms with E-state index in [0.717, 1.165) is 45.4 Å². The molecule has 7 nitrogen and oxygen atoms in total. The summed E-state index contributed by atoms with van der Waals surface area (Å²) in [6, 6.07) is 10.8. The third-order valence-electron chi connectivity index (χ3n) is 5.84. The normalized spacial score (nSPS) is 23.6. The molecular weight excluding hydrogens is 495 g/mol. The van der Waals surface area contributed by atoms with Crippen molar-refractivity contribution >= 4 is 35.9 Å². The van der Waals surface area contributed by atoms with Gasteiger partial charge in [0, 0.05) is 32.7 Å². The number of ether oxygens (including phenoxy) is 2. The minimum atomic E-state index is -0.133. The quantitative estimate of drug-likeness (QED) is 0.264. The second-order valence-corrected chi connectivity index (χ2v) is 7.78. The third kappa shape index (κ3) is 6.31. The van der Waals surface area contributed by atoms with E-state index in [1.54, 1.807) is 0 Å². The number of carbonyl (C=O) groups is 1. The predicted octanol–water partition coefficient (Wildman–Crippen LogP) is 2.38. The summed E-state index contributed by atoms with van der Waals surface area (Å²) in [5, 5.41) is 3.41. The Morgan fingerprint density at radius 3 is 2.60 bits per heavy atom. The Bertz CT molecular complexity index is 682. The van der Waals surface area contributed by atoms with Gasteiger partial charge in [-0.05, 0) is 18.4 Å². The maximum atomic E-state index is 12.1. The summed E-state index contributed by atoms with van der Waals surface area (Å²) in [7, 11) is 1.46. The first-order chi connectivity index (χ1) is 14.1. The van der Waals surface area contributed by atoms with Crippen molar-refractivity contribution in [2.24, 2.45) is 16.8 Å². The molecule has 2 heterocycles. The average molecular weight is 530 g/mol. The Morgan fingerprint density at radius 2 is 1.97 bits per heavy atom. The lowest BCUT2D eigenvalue weighted by atomic mass is 9.99. The van der Waals surface area contributed by atoms with Crippen molar-refractivity contribution in [1.29, 1.82) is 0 Å². The van der Waals surface area contributed by atoms with Crippen molar-refractivity contribution in [3.8, 4) is 0 Å². The van der Waals surface area contributed by atoms with Gasteiger partial charge in [-0.3, -0.25) is 14.7 Å². The molecule has 30 heavy (non-hydrogen) atoms. The molecule has 0 bridgehead atoms. The first-order valence-electron chi connectivity index (χ1n) is 10.6. The zero-order valence-electron chi connectivity index (χ0n) is 18.3. The molecule has 2 fully saturated rings. The Morgan fingerprint density at radius 1 is 1.27 bits per heavy atom. The fourth-order valence-corrected chi connectivity index (χ4v) is 4.19. The monoisotopic (exact) mass is 530 g/mol. The largest absolute Gasteiger partial charge is 0.469 e. The maximum Gasteiger partial charge on any atom is 0.310 e. The maximum absolute atomic E-state index is 12.1. The summed E-state index contributed by atoms with van der Waals surface area (Å²) in [6.45, 7) is 10.4. The van der Waals surface area contributed by atoms with Gasteiger partial charge in [-0.15, -0.1) is 24.0 Å². The molecule has 0 amide bonds. The number of carbonyl (C=O) groups excluding carboxylic acids is 1. The van der Waals surface area contributed by atoms with Crippen LogP contribution in [0.15, 0.2) is 35.3 Å². The van der Waals surface area contributed by atoms with E-state index < -0.39 is 0 Å². The lowest BCUT2D eigenvalue weighted by Gasteiger charge is -2.34. The molecule has 3 unspecified atom stereocenters. The first-order valence-corrected chi connectivity index (χ1v) is 10.6. The molecule has 0 aliphatic carbocycles. The standard InChI is InChI=1S/C22H34N4O3.HI/c1-4-23-22(26-15-17(2)19(16-26)21(27)28-3)24-14-20(18-8-6-5-7-9-18)25-10-12-29-13-11-25;/h5-9,17,19-20H,4,10-16H2,1-3H3,(H,23,24);1H. The number of nitrogens with zero attached hydrogens (tertiary/aromatic N) is 3. The molecule has 3 atom stereocenters. The molecule has 1 N–H and O–H groups in total. The number of nitrogens with one attached hydrogen (secondary N) is 1. The van der Waals surface area contributed by atoms with E-state index in [1.807, 2.05) is 6.07 Å². The van der Waals surface area contributed by atoms with Gasteiger partial charge in [0.2, 0.25) is 0 Å². The molecule has 3 rings (SSSR count). The zero-order chi connectivity index (χ0) is 20.6. The van der Waals surface area contributed by atoms with Crippen LogP contribution in [0.5, 0.6) is 0 Å². The SMILES string of the molecule is CCNC(=NCC(c1ccccc1)N1CCOCC1)N1CC(C)C(C(=O)OC)C1.I. The number of benzene rings is 1. The second kappa shape index (κ2) is 12.5. The Kier molecular flexibility index (Phi) is 10.3. The van der Waals surface area contributed by atoms with E-state index in [0.29, 0.717) is 13.1 Å². The van der Waals surface area contributed by atoms with Crippen LogP contribution in [0.4, 0.5) is 0 Å². The number of methoxy groups -OCH3 is 1. The summed E-state index contributed by atoms with van der Waals surface area (Å²) < 4.78 is 10.5. The second-order valence-electron chi connectivity index (χ2n) is 7.78. The van der Waals surface area contributed by atoms with E-state index in [1.165, 1.54) is 12.7 Å². The topological polar surface area (TPSA) is 66.4 Å². The number of morpholine rings is 1. The van der Waals surface area contributed by atoms with Gasteiger partial charge in [-0.1, -0.05) is 37.3 Å². The Hall–Kier alpha value is -1.39. The molecular formula is C22H35IN4O3. The lowest BCUT2D eigenvalue weighted by molar-refractivity contribution is -0.145. The highest BCUT2D eigenvalue weighted by atomic mass is 127. The minimum Gasteiger partial charge on any atom is -0.469 e. The van der Waals surface area contributed by atoms with E-state index in [-0.39, 0.29) is 47.8 Å². The van der Waals surface area contributed by atoms with Crippen molar-refractivity contribution in [3.63, 3.8) is 0 Å². The molecule has 0 spiro atoms. The van der Waals surface area contributed by atoms with Gasteiger partial charge in [-0.2, -0.15) is 0 Å². The number of guanidine groups is 1. The van der Waals surface area contributed by atoms with Gasteiger partial charge in [0.25, 0.3) is 0 Å². The van der Waals surface area contributed by atoms with Crippen LogP contribution in [0.1, 0.15) is 25.5 Å². The molecule has 0 saturated carbocycles. The molecule has 168 valence electrons. The highest BCUT2D eigenvalue weighted by Crippen LogP contribution is 2.25. The fraction of sp³-hybridized carbons (Fsp3) is 0.636. The van der Waals surface area contributed by atoms with E-state index >= 15 is 0 Å². The molecule has 2 aliphatic heterocycles. The summed E-state index contributed by atoms with van der Waals surface area (Å²) in [4.78, 5) is 21.7. The van der Waals surface area contributed by atoms with Crippen molar-refractivity contribution < 1.29 is 14.3 Å². The smallest absolute Gasteiger partial charge is 0.310 e. The van der Waals surface area contributed by atoms with Gasteiger partial charge in [0.15, 0.2) is 5.96 Å². The van der Waals surface area contributed by atoms with Crippen molar-refractivity contribution in [3.05, 3.63) is 35.9 Å². The number of halogens is 1. The van der Waals surface area contributed by atoms with E-state index in [4.69, 9.17) is 14.5 Å². The molecule has 2 saturated heterocycles. The number of rotatable bonds is 6. The van der Waals surface area contributed by atoms with Crippen molar-refractivity contribution in [1.82, 2.24) is 15.1 Å². The Balaban J connectivity index is 0.00000320. The van der Waals surface area contributed by atoms with Crippen LogP contribution in [0.3, 0.4) is 0 Å². The van der Waals surface area contributed by atoms with Crippen LogP contribution in [-0.2, 0) is 14.3 Å². The van der Waals surface area contributed by atoms with Gasteiger partial charge in [0.1, 0.15) is 0 Å². The highest BCUT2D eigenvalue weighted by molar-refractivity contribution is 14.0. The fourth-order valence-electron chi connectivity index (χ4n) is 4.19. The molecule has 1 aromatic rings. The van der Waals surface area contributed by atoms with Gasteiger partial charge >= 0.3 is 5.97 Å². The average Bonchev–Trinajstić information content (AvgIpc) is 3.15. The van der Waals surface area contributed by atoms with Crippen molar-refractivity contribution in [2.45, 2.75) is 19.9 Å². The zero-order valence-corrected chi connectivity index (χ0v) is 20.6. The van der Waals surface area contributed by atoms with Gasteiger partial charge < -0.3 is 19.7 Å². The van der Waals surface area contributed by atoms with E-state index in [9.17, 15) is 4.79 Å². The molecule has 1 aromatic carbocycles. The molecule has 0 radical (unpaired) electrons. The van der Waals surface area contributed by atoms with Crippen LogP contribution in [0.2, 0.25) is 0 Å². The number of hydrogen-bond donors (Lipinski definition) is 1. The van der Waals surface area contributed by atoms with Gasteiger partial charge in [0.05, 0.1) is 38.8 Å². The summed E-state index contributed by atoms with van der Waals surface area (Å²) >= 11 is 0. The molecule has 2 aliphatic rings. The van der Waals surface area contributed by atoms with E-state index in [2.05, 4.69) is 53.2 Å². The van der Waals surface area contributed by atoms with Crippen LogP contribution in [0.25, 0.3) is 0 Å². The minimum absolute atomic E-state index is 0. The van der Waals surface area contributed by atoms with Crippen LogP contribution in [0, 0.1) is 11.8 Å². The lowest BCUT2D eigenvalue weighted by Crippen LogP contribution is -2.43. The number of hydrogen-bond acceptors (Lipinski definition) is 5. The summed E-state index contributed by atoms with van der Waals surface area (Å²) in [5.74, 6) is 0.884. The summed E-state index contributed by atoms with van der Waals surface area (Å²) in [6.07, 6.45) is 0. The number of aliphatic imine (C=N–C) groups is 1. The predicted molar refractivity (Wildman–Crippen MR) is 129 cm³/mol. The molecule has 8 heteroatoms. The highest BCUT2D eigenvalue weighted by Gasteiger charge is 2.37. The first kappa shape index (κ1) is 24.9. The van der Waals surface area contributed by atoms with Gasteiger partial charge in [-0.25, -0.2) is 0 Å². The van der Waals surface area contributed by atoms with Crippen molar-refractivity contribution in [2.75, 3.05) is 59.6 Å². The number of likely N-dealkylation sites (tertiary alicyclic amines) is 1. The van der Waals surface area contributed by atoms with Crippen LogP contribution in [-0.4, -0.2) is 81.3 Å². The van der Waals surface area contributed by atoms with Crippen LogP contribution < -0.4 is 5.32 Å². The number of esters is 1. The third-order valence-corrected chi connectivity index (χ3v) is 5.84. The van der Waals surface area contributed by atoms with Crippen LogP contribution >= 0.6 is 24.0 Å².